The Hall–Kier alpha value is -4.12. The number of anilines is 1. The van der Waals surface area contributed by atoms with Crippen LogP contribution in [0.25, 0.3) is 22.3 Å². The highest BCUT2D eigenvalue weighted by atomic mass is 32.2. The van der Waals surface area contributed by atoms with Crippen molar-refractivity contribution in [1.29, 1.82) is 0 Å². The number of rotatable bonds is 8. The summed E-state index contributed by atoms with van der Waals surface area (Å²) >= 11 is 0. The van der Waals surface area contributed by atoms with Crippen LogP contribution in [0.2, 0.25) is 0 Å². The molecule has 40 heavy (non-hydrogen) atoms. The number of ether oxygens (including phenoxy) is 3. The molecule has 4 aromatic rings. The van der Waals surface area contributed by atoms with Crippen molar-refractivity contribution in [3.63, 3.8) is 0 Å². The van der Waals surface area contributed by atoms with Crippen LogP contribution < -0.4 is 19.5 Å². The van der Waals surface area contributed by atoms with E-state index in [1.807, 2.05) is 24.3 Å². The molecule has 0 spiro atoms. The summed E-state index contributed by atoms with van der Waals surface area (Å²) in [6.07, 6.45) is 1.35. The van der Waals surface area contributed by atoms with E-state index >= 15 is 0 Å². The number of carbonyl (C=O) groups excluding carboxylic acids is 1. The third-order valence-corrected chi connectivity index (χ3v) is 8.97. The topological polar surface area (TPSA) is 122 Å². The molecule has 1 fully saturated rings. The SMILES string of the molecule is CCc1ccc(-c2cc(C(=O)Nc3cc(OC)c(OC)c(OC)c3)c3c(C)nn(C4CCS(=O)(=O)C4)c3n2)cc1. The van der Waals surface area contributed by atoms with Crippen molar-refractivity contribution in [2.24, 2.45) is 0 Å². The van der Waals surface area contributed by atoms with Gasteiger partial charge in [-0.1, -0.05) is 31.2 Å². The monoisotopic (exact) mass is 564 g/mol. The average molecular weight is 565 g/mol. The van der Waals surface area contributed by atoms with E-state index in [4.69, 9.17) is 19.2 Å². The lowest BCUT2D eigenvalue weighted by Crippen LogP contribution is -2.15. The van der Waals surface area contributed by atoms with Gasteiger partial charge in [-0.3, -0.25) is 4.79 Å². The molecule has 10 nitrogen and oxygen atoms in total. The number of carbonyl (C=O) groups is 1. The van der Waals surface area contributed by atoms with Crippen molar-refractivity contribution < 1.29 is 27.4 Å². The molecule has 3 heterocycles. The number of pyridine rings is 1. The summed E-state index contributed by atoms with van der Waals surface area (Å²) in [5.74, 6) is 0.934. The minimum atomic E-state index is -3.16. The molecule has 0 saturated carbocycles. The minimum Gasteiger partial charge on any atom is -0.493 e. The molecule has 5 rings (SSSR count). The molecule has 1 amide bonds. The van der Waals surface area contributed by atoms with Crippen LogP contribution in [-0.4, -0.2) is 61.9 Å². The van der Waals surface area contributed by atoms with E-state index in [1.165, 1.54) is 26.9 Å². The predicted octanol–water partition coefficient (Wildman–Crippen LogP) is 4.61. The normalized spacial score (nSPS) is 16.2. The third kappa shape index (κ3) is 5.08. The molecule has 1 atom stereocenters. The molecular weight excluding hydrogens is 532 g/mol. The van der Waals surface area contributed by atoms with Crippen LogP contribution in [0.15, 0.2) is 42.5 Å². The van der Waals surface area contributed by atoms with Crippen LogP contribution in [0.4, 0.5) is 5.69 Å². The Morgan fingerprint density at radius 1 is 1.05 bits per heavy atom. The lowest BCUT2D eigenvalue weighted by atomic mass is 10.0. The van der Waals surface area contributed by atoms with Gasteiger partial charge < -0.3 is 19.5 Å². The highest BCUT2D eigenvalue weighted by Gasteiger charge is 2.32. The Kier molecular flexibility index (Phi) is 7.41. The number of benzene rings is 2. The zero-order valence-corrected chi connectivity index (χ0v) is 24.0. The van der Waals surface area contributed by atoms with Gasteiger partial charge in [0, 0.05) is 23.4 Å². The summed E-state index contributed by atoms with van der Waals surface area (Å²) in [6, 6.07) is 12.7. The summed E-state index contributed by atoms with van der Waals surface area (Å²) < 4.78 is 42.5. The first kappa shape index (κ1) is 27.4. The number of methoxy groups -OCH3 is 3. The molecule has 1 N–H and O–H groups in total. The maximum Gasteiger partial charge on any atom is 0.256 e. The fourth-order valence-electron chi connectivity index (χ4n) is 5.13. The Bertz CT molecular complexity index is 1670. The Labute approximate surface area is 233 Å². The Balaban J connectivity index is 1.65. The first-order valence-electron chi connectivity index (χ1n) is 13.0. The Morgan fingerprint density at radius 2 is 1.73 bits per heavy atom. The average Bonchev–Trinajstić information content (AvgIpc) is 3.50. The van der Waals surface area contributed by atoms with Crippen molar-refractivity contribution in [2.45, 2.75) is 32.7 Å². The van der Waals surface area contributed by atoms with Crippen LogP contribution in [-0.2, 0) is 16.3 Å². The van der Waals surface area contributed by atoms with E-state index in [0.29, 0.717) is 57.3 Å². The lowest BCUT2D eigenvalue weighted by Gasteiger charge is -2.15. The van der Waals surface area contributed by atoms with Gasteiger partial charge in [-0.2, -0.15) is 5.10 Å². The number of nitrogens with zero attached hydrogens (tertiary/aromatic N) is 3. The molecule has 0 aliphatic carbocycles. The van der Waals surface area contributed by atoms with E-state index in [9.17, 15) is 13.2 Å². The molecule has 0 bridgehead atoms. The highest BCUT2D eigenvalue weighted by molar-refractivity contribution is 7.91. The zero-order chi connectivity index (χ0) is 28.6. The van der Waals surface area contributed by atoms with Crippen molar-refractivity contribution >= 4 is 32.5 Å². The van der Waals surface area contributed by atoms with E-state index in [-0.39, 0.29) is 23.5 Å². The van der Waals surface area contributed by atoms with Gasteiger partial charge in [-0.15, -0.1) is 0 Å². The van der Waals surface area contributed by atoms with Crippen molar-refractivity contribution in [3.05, 3.63) is 59.3 Å². The quantitative estimate of drug-likeness (QED) is 0.329. The van der Waals surface area contributed by atoms with Gasteiger partial charge in [0.1, 0.15) is 0 Å². The highest BCUT2D eigenvalue weighted by Crippen LogP contribution is 2.40. The van der Waals surface area contributed by atoms with Gasteiger partial charge in [-0.25, -0.2) is 18.1 Å². The van der Waals surface area contributed by atoms with Gasteiger partial charge in [0.15, 0.2) is 27.0 Å². The van der Waals surface area contributed by atoms with Crippen LogP contribution >= 0.6 is 0 Å². The molecule has 0 radical (unpaired) electrons. The fraction of sp³-hybridized carbons (Fsp3) is 0.345. The number of sulfone groups is 1. The van der Waals surface area contributed by atoms with E-state index < -0.39 is 9.84 Å². The number of hydrogen-bond donors (Lipinski definition) is 1. The fourth-order valence-corrected chi connectivity index (χ4v) is 6.82. The van der Waals surface area contributed by atoms with Gasteiger partial charge in [0.25, 0.3) is 5.91 Å². The maximum absolute atomic E-state index is 13.9. The minimum absolute atomic E-state index is 0.00665. The van der Waals surface area contributed by atoms with E-state index in [1.54, 1.807) is 29.8 Å². The summed E-state index contributed by atoms with van der Waals surface area (Å²) in [5.41, 5.74) is 4.50. The van der Waals surface area contributed by atoms with Crippen LogP contribution in [0.1, 0.15) is 41.0 Å². The predicted molar refractivity (Wildman–Crippen MR) is 153 cm³/mol. The molecule has 2 aromatic heterocycles. The standard InChI is InChI=1S/C29H32N4O6S/c1-6-18-7-9-19(10-8-18)23-15-22(29(34)30-20-13-24(37-3)27(39-5)25(14-20)38-4)26-17(2)32-33(28(26)31-23)21-11-12-40(35,36)16-21/h7-10,13-15,21H,6,11-12,16H2,1-5H3,(H,30,34). The molecule has 1 aliphatic heterocycles. The second-order valence-corrected chi connectivity index (χ2v) is 12.0. The summed E-state index contributed by atoms with van der Waals surface area (Å²) in [6.45, 7) is 3.89. The van der Waals surface area contributed by atoms with Crippen LogP contribution in [0.3, 0.4) is 0 Å². The first-order valence-corrected chi connectivity index (χ1v) is 14.8. The Morgan fingerprint density at radius 3 is 2.27 bits per heavy atom. The van der Waals surface area contributed by atoms with Crippen LogP contribution in [0, 0.1) is 6.92 Å². The molecular formula is C29H32N4O6S. The van der Waals surface area contributed by atoms with Gasteiger partial charge in [0.2, 0.25) is 5.75 Å². The van der Waals surface area contributed by atoms with Gasteiger partial charge in [0.05, 0.1) is 61.2 Å². The molecule has 2 aromatic carbocycles. The van der Waals surface area contributed by atoms with Gasteiger partial charge >= 0.3 is 0 Å². The van der Waals surface area contributed by atoms with Gasteiger partial charge in [-0.05, 0) is 31.4 Å². The van der Waals surface area contributed by atoms with Crippen molar-refractivity contribution in [2.75, 3.05) is 38.2 Å². The lowest BCUT2D eigenvalue weighted by molar-refractivity contribution is 0.102. The third-order valence-electron chi connectivity index (χ3n) is 7.22. The van der Waals surface area contributed by atoms with E-state index in [0.717, 1.165) is 12.0 Å². The van der Waals surface area contributed by atoms with Crippen molar-refractivity contribution in [1.82, 2.24) is 14.8 Å². The molecule has 1 aliphatic rings. The molecule has 210 valence electrons. The number of nitrogens with one attached hydrogen (secondary N) is 1. The zero-order valence-electron chi connectivity index (χ0n) is 23.1. The second-order valence-electron chi connectivity index (χ2n) is 9.76. The summed E-state index contributed by atoms with van der Waals surface area (Å²) in [7, 11) is 1.36. The van der Waals surface area contributed by atoms with E-state index in [2.05, 4.69) is 17.3 Å². The molecule has 11 heteroatoms. The molecule has 1 unspecified atom stereocenters. The van der Waals surface area contributed by atoms with Crippen LogP contribution in [0.5, 0.6) is 17.2 Å². The summed E-state index contributed by atoms with van der Waals surface area (Å²) in [4.78, 5) is 18.8. The number of aryl methyl sites for hydroxylation is 2. The number of aromatic nitrogens is 3. The number of fused-ring (bicyclic) bond motifs is 1. The first-order chi connectivity index (χ1) is 19.2. The molecule has 1 saturated heterocycles. The second kappa shape index (κ2) is 10.8. The maximum atomic E-state index is 13.9. The smallest absolute Gasteiger partial charge is 0.256 e. The largest absolute Gasteiger partial charge is 0.493 e. The number of amides is 1. The summed E-state index contributed by atoms with van der Waals surface area (Å²) in [5, 5.41) is 8.20. The number of hydrogen-bond acceptors (Lipinski definition) is 8. The van der Waals surface area contributed by atoms with Crippen molar-refractivity contribution in [3.8, 4) is 28.5 Å².